The van der Waals surface area contributed by atoms with Crippen LogP contribution in [-0.2, 0) is 16.3 Å². The van der Waals surface area contributed by atoms with Crippen molar-refractivity contribution in [2.45, 2.75) is 39.2 Å². The Morgan fingerprint density at radius 2 is 2.07 bits per heavy atom. The molecule has 2 atom stereocenters. The Hall–Kier alpha value is -1.60. The summed E-state index contributed by atoms with van der Waals surface area (Å²) in [5, 5.41) is 6.60. The predicted octanol–water partition coefficient (Wildman–Crippen LogP) is 1.93. The first-order valence-corrected chi connectivity index (χ1v) is 12.4. The Balaban J connectivity index is 1.76. The maximum absolute atomic E-state index is 11.3. The number of rotatable bonds is 10. The third kappa shape index (κ3) is 9.06. The highest BCUT2D eigenvalue weighted by molar-refractivity contribution is 7.90. The second-order valence-corrected chi connectivity index (χ2v) is 10.1. The van der Waals surface area contributed by atoms with Crippen LogP contribution < -0.4 is 10.6 Å². The monoisotopic (exact) mass is 408 g/mol. The zero-order valence-electron chi connectivity index (χ0n) is 17.5. The molecule has 7 heteroatoms. The molecule has 28 heavy (non-hydrogen) atoms. The van der Waals surface area contributed by atoms with Gasteiger partial charge in [-0.25, -0.2) is 8.42 Å². The topological polar surface area (TPSA) is 73.8 Å². The van der Waals surface area contributed by atoms with E-state index in [1.165, 1.54) is 18.2 Å². The molecule has 2 unspecified atom stereocenters. The lowest BCUT2D eigenvalue weighted by Crippen LogP contribution is -2.43. The molecule has 1 saturated heterocycles. The molecule has 0 aliphatic carbocycles. The minimum atomic E-state index is -2.93. The van der Waals surface area contributed by atoms with E-state index in [-0.39, 0.29) is 11.8 Å². The van der Waals surface area contributed by atoms with Crippen molar-refractivity contribution >= 4 is 15.8 Å². The van der Waals surface area contributed by atoms with Crippen LogP contribution in [0.1, 0.15) is 32.3 Å². The smallest absolute Gasteiger partial charge is 0.191 e. The molecule has 1 aliphatic rings. The molecular formula is C21H36N4O2S. The van der Waals surface area contributed by atoms with Crippen LogP contribution in [0, 0.1) is 5.92 Å². The zero-order chi connectivity index (χ0) is 20.4. The van der Waals surface area contributed by atoms with E-state index in [4.69, 9.17) is 4.99 Å². The van der Waals surface area contributed by atoms with Crippen molar-refractivity contribution in [3.05, 3.63) is 35.9 Å². The van der Waals surface area contributed by atoms with E-state index in [1.807, 2.05) is 13.8 Å². The summed E-state index contributed by atoms with van der Waals surface area (Å²) in [6.45, 7) is 8.97. The minimum Gasteiger partial charge on any atom is -0.357 e. The van der Waals surface area contributed by atoms with Crippen molar-refractivity contribution in [1.82, 2.24) is 15.5 Å². The minimum absolute atomic E-state index is 0.0680. The zero-order valence-corrected chi connectivity index (χ0v) is 18.3. The van der Waals surface area contributed by atoms with Crippen LogP contribution in [0.5, 0.6) is 0 Å². The van der Waals surface area contributed by atoms with Gasteiger partial charge in [0.25, 0.3) is 0 Å². The fourth-order valence-electron chi connectivity index (χ4n) is 3.43. The molecule has 2 rings (SSSR count). The Morgan fingerprint density at radius 3 is 2.75 bits per heavy atom. The summed E-state index contributed by atoms with van der Waals surface area (Å²) in [5.41, 5.74) is 1.39. The highest BCUT2D eigenvalue weighted by Gasteiger charge is 2.22. The number of nitrogens with one attached hydrogen (secondary N) is 2. The summed E-state index contributed by atoms with van der Waals surface area (Å²) in [4.78, 5) is 7.28. The van der Waals surface area contributed by atoms with Crippen molar-refractivity contribution in [3.8, 4) is 0 Å². The molecular weight excluding hydrogens is 372 g/mol. The van der Waals surface area contributed by atoms with Gasteiger partial charge in [0, 0.05) is 38.5 Å². The van der Waals surface area contributed by atoms with Crippen LogP contribution >= 0.6 is 0 Å². The lowest BCUT2D eigenvalue weighted by Gasteiger charge is -2.18. The molecule has 0 bridgehead atoms. The average Bonchev–Trinajstić information content (AvgIpc) is 3.11. The summed E-state index contributed by atoms with van der Waals surface area (Å²) >= 11 is 0. The van der Waals surface area contributed by atoms with Crippen LogP contribution in [-0.4, -0.2) is 70.1 Å². The Morgan fingerprint density at radius 1 is 1.32 bits per heavy atom. The third-order valence-corrected chi connectivity index (χ3v) is 6.06. The molecule has 1 aromatic rings. The first-order chi connectivity index (χ1) is 13.4. The van der Waals surface area contributed by atoms with Crippen LogP contribution in [0.4, 0.5) is 0 Å². The Bertz CT molecular complexity index is 706. The second-order valence-electron chi connectivity index (χ2n) is 7.87. The standard InChI is InChI=1S/C21H36N4O2S/c1-4-22-21(24-18(2)12-15-28(3,26)27)23-16-20-11-14-25(17-20)13-10-19-8-6-5-7-9-19/h5-9,18,20H,4,10-17H2,1-3H3,(H2,22,23,24). The summed E-state index contributed by atoms with van der Waals surface area (Å²) in [6.07, 6.45) is 4.14. The number of hydrogen-bond donors (Lipinski definition) is 2. The molecule has 158 valence electrons. The van der Waals surface area contributed by atoms with Gasteiger partial charge >= 0.3 is 0 Å². The van der Waals surface area contributed by atoms with Crippen LogP contribution in [0.3, 0.4) is 0 Å². The lowest BCUT2D eigenvalue weighted by molar-refractivity contribution is 0.329. The molecule has 0 radical (unpaired) electrons. The van der Waals surface area contributed by atoms with E-state index in [0.29, 0.717) is 12.3 Å². The molecule has 0 amide bonds. The van der Waals surface area contributed by atoms with E-state index in [1.54, 1.807) is 0 Å². The fraction of sp³-hybridized carbons (Fsp3) is 0.667. The molecule has 0 saturated carbocycles. The summed E-state index contributed by atoms with van der Waals surface area (Å²) < 4.78 is 22.7. The second kappa shape index (κ2) is 11.4. The first-order valence-electron chi connectivity index (χ1n) is 10.3. The number of sulfone groups is 1. The fourth-order valence-corrected chi connectivity index (χ4v) is 4.22. The first kappa shape index (κ1) is 22.7. The predicted molar refractivity (Wildman–Crippen MR) is 118 cm³/mol. The van der Waals surface area contributed by atoms with Crippen LogP contribution in [0.25, 0.3) is 0 Å². The summed E-state index contributed by atoms with van der Waals surface area (Å²) in [6, 6.07) is 10.7. The Kier molecular flexibility index (Phi) is 9.25. The largest absolute Gasteiger partial charge is 0.357 e. The van der Waals surface area contributed by atoms with Gasteiger partial charge in [0.1, 0.15) is 9.84 Å². The maximum atomic E-state index is 11.3. The van der Waals surface area contributed by atoms with E-state index in [0.717, 1.165) is 45.1 Å². The van der Waals surface area contributed by atoms with E-state index in [2.05, 4.69) is 45.9 Å². The van der Waals surface area contributed by atoms with Crippen molar-refractivity contribution in [3.63, 3.8) is 0 Å². The van der Waals surface area contributed by atoms with Gasteiger partial charge < -0.3 is 15.5 Å². The Labute approximate surface area is 170 Å². The van der Waals surface area contributed by atoms with Crippen molar-refractivity contribution < 1.29 is 8.42 Å². The van der Waals surface area contributed by atoms with E-state index in [9.17, 15) is 8.42 Å². The van der Waals surface area contributed by atoms with Gasteiger partial charge in [-0.15, -0.1) is 0 Å². The molecule has 6 nitrogen and oxygen atoms in total. The lowest BCUT2D eigenvalue weighted by atomic mass is 10.1. The van der Waals surface area contributed by atoms with E-state index < -0.39 is 9.84 Å². The van der Waals surface area contributed by atoms with Gasteiger partial charge in [0.15, 0.2) is 5.96 Å². The molecule has 0 aromatic heterocycles. The van der Waals surface area contributed by atoms with Crippen LogP contribution in [0.15, 0.2) is 35.3 Å². The van der Waals surface area contributed by atoms with Crippen molar-refractivity contribution in [1.29, 1.82) is 0 Å². The highest BCUT2D eigenvalue weighted by atomic mass is 32.2. The number of aliphatic imine (C=N–C) groups is 1. The normalized spacial score (nSPS) is 19.5. The number of hydrogen-bond acceptors (Lipinski definition) is 4. The van der Waals surface area contributed by atoms with Gasteiger partial charge in [-0.05, 0) is 51.1 Å². The van der Waals surface area contributed by atoms with Crippen LogP contribution in [0.2, 0.25) is 0 Å². The number of guanidine groups is 1. The van der Waals surface area contributed by atoms with E-state index >= 15 is 0 Å². The average molecular weight is 409 g/mol. The van der Waals surface area contributed by atoms with Gasteiger partial charge in [-0.3, -0.25) is 4.99 Å². The SMILES string of the molecule is CCNC(=NCC1CCN(CCc2ccccc2)C1)NC(C)CCS(C)(=O)=O. The quantitative estimate of drug-likeness (QED) is 0.457. The van der Waals surface area contributed by atoms with Gasteiger partial charge in [0.2, 0.25) is 0 Å². The molecule has 2 N–H and O–H groups in total. The number of benzene rings is 1. The summed E-state index contributed by atoms with van der Waals surface area (Å²) in [7, 11) is -2.93. The third-order valence-electron chi connectivity index (χ3n) is 5.09. The van der Waals surface area contributed by atoms with Gasteiger partial charge in [-0.1, -0.05) is 30.3 Å². The number of likely N-dealkylation sites (tertiary alicyclic amines) is 1. The van der Waals surface area contributed by atoms with Crippen molar-refractivity contribution in [2.24, 2.45) is 10.9 Å². The van der Waals surface area contributed by atoms with Gasteiger partial charge in [-0.2, -0.15) is 0 Å². The molecule has 1 fully saturated rings. The summed E-state index contributed by atoms with van der Waals surface area (Å²) in [5.74, 6) is 1.56. The highest BCUT2D eigenvalue weighted by Crippen LogP contribution is 2.17. The van der Waals surface area contributed by atoms with Gasteiger partial charge in [0.05, 0.1) is 5.75 Å². The molecule has 1 heterocycles. The number of nitrogens with zero attached hydrogens (tertiary/aromatic N) is 2. The van der Waals surface area contributed by atoms with Crippen molar-refractivity contribution in [2.75, 3.05) is 44.7 Å². The molecule has 0 spiro atoms. The molecule has 1 aromatic carbocycles. The molecule has 1 aliphatic heterocycles. The maximum Gasteiger partial charge on any atom is 0.191 e.